The van der Waals surface area contributed by atoms with E-state index in [0.29, 0.717) is 12.5 Å². The van der Waals surface area contributed by atoms with Crippen molar-refractivity contribution in [2.24, 2.45) is 50.2 Å². The Bertz CT molecular complexity index is 1400. The van der Waals surface area contributed by atoms with E-state index in [9.17, 15) is 14.4 Å². The van der Waals surface area contributed by atoms with E-state index in [4.69, 9.17) is 9.57 Å². The predicted molar refractivity (Wildman–Crippen MR) is 174 cm³/mol. The Kier molecular flexibility index (Phi) is 7.78. The summed E-state index contributed by atoms with van der Waals surface area (Å²) in [6.45, 7) is 18.1. The number of benzene rings is 1. The van der Waals surface area contributed by atoms with Crippen molar-refractivity contribution in [3.63, 3.8) is 0 Å². The van der Waals surface area contributed by atoms with Gasteiger partial charge in [-0.2, -0.15) is 0 Å². The van der Waals surface area contributed by atoms with Gasteiger partial charge in [-0.05, 0) is 103 Å². The molecule has 246 valence electrons. The van der Waals surface area contributed by atoms with Crippen molar-refractivity contribution in [3.8, 4) is 0 Å². The quantitative estimate of drug-likeness (QED) is 0.266. The van der Waals surface area contributed by atoms with E-state index in [0.717, 1.165) is 63.4 Å². The minimum absolute atomic E-state index is 0.0561. The number of fused-ring (bicyclic) bond motifs is 7. The molecule has 0 saturated heterocycles. The maximum absolute atomic E-state index is 14.7. The fourth-order valence-electron chi connectivity index (χ4n) is 11.7. The van der Waals surface area contributed by atoms with Crippen LogP contribution in [0, 0.1) is 50.2 Å². The first-order chi connectivity index (χ1) is 21.0. The third-order valence-corrected chi connectivity index (χ3v) is 14.6. The molecule has 9 atom stereocenters. The molecular formula is C39H55NO5. The number of hydrogen-bond donors (Lipinski definition) is 1. The van der Waals surface area contributed by atoms with Crippen molar-refractivity contribution >= 4 is 17.7 Å². The van der Waals surface area contributed by atoms with E-state index in [-0.39, 0.29) is 62.7 Å². The van der Waals surface area contributed by atoms with Gasteiger partial charge in [-0.3, -0.25) is 19.2 Å². The average molecular weight is 618 g/mol. The van der Waals surface area contributed by atoms with Crippen molar-refractivity contribution in [3.05, 3.63) is 47.5 Å². The van der Waals surface area contributed by atoms with Gasteiger partial charge in [0.05, 0.1) is 6.61 Å². The highest BCUT2D eigenvalue weighted by molar-refractivity contribution is 5.95. The molecule has 1 unspecified atom stereocenters. The minimum atomic E-state index is -0.566. The van der Waals surface area contributed by atoms with Crippen LogP contribution in [0.3, 0.4) is 0 Å². The number of carbonyl (C=O) groups is 3. The van der Waals surface area contributed by atoms with Crippen molar-refractivity contribution in [1.29, 1.82) is 0 Å². The minimum Gasteiger partial charge on any atom is -0.462 e. The Balaban J connectivity index is 1.29. The number of hydrogen-bond acceptors (Lipinski definition) is 5. The zero-order chi connectivity index (χ0) is 32.6. The first-order valence-corrected chi connectivity index (χ1v) is 17.4. The summed E-state index contributed by atoms with van der Waals surface area (Å²) < 4.78 is 5.87. The van der Waals surface area contributed by atoms with Crippen molar-refractivity contribution in [2.75, 3.05) is 0 Å². The van der Waals surface area contributed by atoms with Gasteiger partial charge in [0, 0.05) is 23.7 Å². The summed E-state index contributed by atoms with van der Waals surface area (Å²) >= 11 is 0. The maximum atomic E-state index is 14.7. The van der Waals surface area contributed by atoms with Crippen LogP contribution >= 0.6 is 0 Å². The van der Waals surface area contributed by atoms with Gasteiger partial charge in [0.1, 0.15) is 6.10 Å². The second kappa shape index (κ2) is 10.8. The zero-order valence-electron chi connectivity index (χ0n) is 28.9. The molecule has 0 spiro atoms. The van der Waals surface area contributed by atoms with E-state index in [1.165, 1.54) is 12.5 Å². The Morgan fingerprint density at radius 3 is 2.27 bits per heavy atom. The first kappa shape index (κ1) is 32.5. The number of allylic oxidation sites excluding steroid dienone is 2. The molecule has 5 aliphatic carbocycles. The number of carbonyl (C=O) groups excluding carboxylic acids is 3. The molecule has 0 aromatic heterocycles. The van der Waals surface area contributed by atoms with Crippen LogP contribution in [0.4, 0.5) is 0 Å². The fourth-order valence-corrected chi connectivity index (χ4v) is 11.7. The number of nitrogens with one attached hydrogen (secondary N) is 1. The van der Waals surface area contributed by atoms with Gasteiger partial charge in [-0.15, -0.1) is 0 Å². The third-order valence-electron chi connectivity index (χ3n) is 14.6. The molecular weight excluding hydrogens is 562 g/mol. The number of rotatable bonds is 5. The molecule has 1 aromatic carbocycles. The number of hydroxylamine groups is 1. The van der Waals surface area contributed by atoms with E-state index < -0.39 is 5.41 Å². The van der Waals surface area contributed by atoms with Gasteiger partial charge >= 0.3 is 5.97 Å². The molecule has 1 aromatic rings. The highest BCUT2D eigenvalue weighted by Gasteiger charge is 2.70. The fraction of sp³-hybridized carbons (Fsp3) is 0.718. The topological polar surface area (TPSA) is 81.7 Å². The monoisotopic (exact) mass is 617 g/mol. The summed E-state index contributed by atoms with van der Waals surface area (Å²) in [5.74, 6) is 0.426. The molecule has 45 heavy (non-hydrogen) atoms. The highest BCUT2D eigenvalue weighted by Crippen LogP contribution is 2.75. The summed E-state index contributed by atoms with van der Waals surface area (Å²) in [6, 6.07) is 9.88. The maximum Gasteiger partial charge on any atom is 0.302 e. The molecule has 4 fully saturated rings. The van der Waals surface area contributed by atoms with E-state index >= 15 is 0 Å². The summed E-state index contributed by atoms with van der Waals surface area (Å²) in [5, 5.41) is 0. The molecule has 0 radical (unpaired) electrons. The van der Waals surface area contributed by atoms with Crippen LogP contribution in [0.1, 0.15) is 119 Å². The Hall–Kier alpha value is -2.47. The van der Waals surface area contributed by atoms with Crippen LogP contribution in [0.5, 0.6) is 0 Å². The predicted octanol–water partition coefficient (Wildman–Crippen LogP) is 8.15. The van der Waals surface area contributed by atoms with Crippen molar-refractivity contribution in [2.45, 2.75) is 126 Å². The lowest BCUT2D eigenvalue weighted by Gasteiger charge is -2.70. The van der Waals surface area contributed by atoms with Crippen LogP contribution in [0.2, 0.25) is 0 Å². The average Bonchev–Trinajstić information content (AvgIpc) is 2.97. The van der Waals surface area contributed by atoms with Gasteiger partial charge in [0.15, 0.2) is 5.78 Å². The van der Waals surface area contributed by atoms with Crippen LogP contribution < -0.4 is 5.48 Å². The smallest absolute Gasteiger partial charge is 0.302 e. The third kappa shape index (κ3) is 4.86. The van der Waals surface area contributed by atoms with Crippen molar-refractivity contribution in [1.82, 2.24) is 5.48 Å². The molecule has 6 rings (SSSR count). The molecule has 0 heterocycles. The van der Waals surface area contributed by atoms with E-state index in [1.54, 1.807) is 0 Å². The number of esters is 1. The number of ketones is 1. The highest BCUT2D eigenvalue weighted by atomic mass is 16.6. The molecule has 6 nitrogen and oxygen atoms in total. The van der Waals surface area contributed by atoms with Crippen molar-refractivity contribution < 1.29 is 24.0 Å². The SMILES string of the molecule is CC(=O)O[C@H]1CC[C@@]2(C)C(CC[C@]3(C)[C@@H]2C(=O)C=C2[C@@H]4C[C@@](C)(C(=O)NOCc5ccccc5)CC[C@]4(C)CC[C@]23C)C1(C)C. The van der Waals surface area contributed by atoms with Gasteiger partial charge in [-0.1, -0.05) is 84.4 Å². The van der Waals surface area contributed by atoms with E-state index in [1.807, 2.05) is 30.3 Å². The second-order valence-corrected chi connectivity index (χ2v) is 17.4. The van der Waals surface area contributed by atoms with Gasteiger partial charge < -0.3 is 4.74 Å². The summed E-state index contributed by atoms with van der Waals surface area (Å²) in [7, 11) is 0. The normalized spacial score (nSPS) is 43.5. The molecule has 1 N–H and O–H groups in total. The van der Waals surface area contributed by atoms with Gasteiger partial charge in [0.2, 0.25) is 5.91 Å². The number of amides is 1. The lowest BCUT2D eigenvalue weighted by Crippen LogP contribution is -2.66. The molecule has 5 aliphatic rings. The van der Waals surface area contributed by atoms with Crippen LogP contribution in [0.15, 0.2) is 42.0 Å². The zero-order valence-corrected chi connectivity index (χ0v) is 28.9. The lowest BCUT2D eigenvalue weighted by molar-refractivity contribution is -0.210. The van der Waals surface area contributed by atoms with E-state index in [2.05, 4.69) is 60.0 Å². The molecule has 6 heteroatoms. The number of ether oxygens (including phenoxy) is 1. The van der Waals surface area contributed by atoms with Crippen LogP contribution in [0.25, 0.3) is 0 Å². The second-order valence-electron chi connectivity index (χ2n) is 17.4. The Morgan fingerprint density at radius 2 is 1.58 bits per heavy atom. The molecule has 1 amide bonds. The molecule has 4 saturated carbocycles. The van der Waals surface area contributed by atoms with Crippen LogP contribution in [-0.2, 0) is 30.6 Å². The summed E-state index contributed by atoms with van der Waals surface area (Å²) in [6.07, 6.45) is 10.4. The Labute approximate surface area is 270 Å². The van der Waals surface area contributed by atoms with Gasteiger partial charge in [0.25, 0.3) is 0 Å². The molecule has 0 aliphatic heterocycles. The largest absolute Gasteiger partial charge is 0.462 e. The summed E-state index contributed by atoms with van der Waals surface area (Å²) in [4.78, 5) is 46.0. The lowest BCUT2D eigenvalue weighted by atomic mass is 9.33. The first-order valence-electron chi connectivity index (χ1n) is 17.4. The summed E-state index contributed by atoms with van der Waals surface area (Å²) in [5.41, 5.74) is 3.99. The van der Waals surface area contributed by atoms with Gasteiger partial charge in [-0.25, -0.2) is 5.48 Å². The Morgan fingerprint density at radius 1 is 0.889 bits per heavy atom. The van der Waals surface area contributed by atoms with Crippen LogP contribution in [-0.4, -0.2) is 23.8 Å². The molecule has 0 bridgehead atoms. The standard InChI is InChI=1S/C39H55NO5/c1-25(41)45-31-15-16-37(6)30(34(31,2)3)14-17-39(8)32(37)29(42)22-27-28-23-36(5,19-18-35(28,4)20-21-38(27,39)7)33(43)40-44-24-26-12-10-9-11-13-26/h9-13,22,28,30-32H,14-21,23-24H2,1-8H3,(H,40,43)/t28-,30?,31-,32+,35+,36-,37-,38+,39+/m0/s1.